The average molecular weight is 552 g/mol. The molecule has 210 valence electrons. The number of anilines is 2. The van der Waals surface area contributed by atoms with E-state index in [1.54, 1.807) is 24.4 Å². The Kier molecular flexibility index (Phi) is 8.73. The van der Waals surface area contributed by atoms with E-state index in [9.17, 15) is 4.79 Å². The highest BCUT2D eigenvalue weighted by molar-refractivity contribution is 7.80. The molecule has 1 amide bonds. The van der Waals surface area contributed by atoms with Crippen LogP contribution in [0, 0.1) is 24.2 Å². The molecule has 0 bridgehead atoms. The molecular weight excluding hydrogens is 510 g/mol. The number of thiol groups is 1. The molecule has 10 heteroatoms. The average Bonchev–Trinajstić information content (AvgIpc) is 3.63. The van der Waals surface area contributed by atoms with Crippen LogP contribution >= 0.6 is 12.6 Å². The van der Waals surface area contributed by atoms with Crippen molar-refractivity contribution in [3.05, 3.63) is 46.9 Å². The molecule has 2 aliphatic rings. The maximum Gasteiger partial charge on any atom is 0.252 e. The first-order chi connectivity index (χ1) is 18.5. The fourth-order valence-electron chi connectivity index (χ4n) is 5.37. The van der Waals surface area contributed by atoms with Gasteiger partial charge in [0, 0.05) is 31.4 Å². The highest BCUT2D eigenvalue weighted by Crippen LogP contribution is 2.40. The summed E-state index contributed by atoms with van der Waals surface area (Å²) in [5.74, 6) is 1.95. The molecule has 2 fully saturated rings. The molecule has 4 N–H and O–H groups in total. The van der Waals surface area contributed by atoms with Gasteiger partial charge < -0.3 is 20.7 Å². The van der Waals surface area contributed by atoms with E-state index >= 15 is 0 Å². The number of carbonyl (C=O) groups excluding carboxylic acids is 1. The molecule has 1 aliphatic heterocycles. The van der Waals surface area contributed by atoms with Gasteiger partial charge in [-0.3, -0.25) is 14.9 Å². The predicted octanol–water partition coefficient (Wildman–Crippen LogP) is 5.33. The van der Waals surface area contributed by atoms with Gasteiger partial charge in [0.15, 0.2) is 0 Å². The summed E-state index contributed by atoms with van der Waals surface area (Å²) in [4.78, 5) is 20.1. The lowest BCUT2D eigenvalue weighted by atomic mass is 9.99. The second-order valence-electron chi connectivity index (χ2n) is 11.3. The predicted molar refractivity (Wildman–Crippen MR) is 160 cm³/mol. The molecule has 4 rings (SSSR count). The van der Waals surface area contributed by atoms with Crippen molar-refractivity contribution in [1.82, 2.24) is 14.8 Å². The van der Waals surface area contributed by atoms with E-state index in [2.05, 4.69) is 54.8 Å². The van der Waals surface area contributed by atoms with Crippen LogP contribution in [-0.2, 0) is 11.8 Å². The van der Waals surface area contributed by atoms with Crippen LogP contribution < -0.4 is 16.0 Å². The molecular formula is C29H41N7O2S. The summed E-state index contributed by atoms with van der Waals surface area (Å²) in [5, 5.41) is 15.7. The smallest absolute Gasteiger partial charge is 0.252 e. The first-order valence-corrected chi connectivity index (χ1v) is 14.1. The highest BCUT2D eigenvalue weighted by atomic mass is 32.1. The summed E-state index contributed by atoms with van der Waals surface area (Å²) in [7, 11) is 1.91. The van der Waals surface area contributed by atoms with Gasteiger partial charge in [-0.15, -0.1) is 12.6 Å². The minimum atomic E-state index is -0.528. The monoisotopic (exact) mass is 551 g/mol. The zero-order chi connectivity index (χ0) is 28.3. The number of nitrogens with zero attached hydrogens (tertiary/aromatic N) is 4. The van der Waals surface area contributed by atoms with Crippen molar-refractivity contribution in [2.75, 3.05) is 23.4 Å². The standard InChI is InChI=1S/C29H41N7O2S/c1-6-7-21(20-8-9-20)17-38-24(30)12-13-32-25-11-10-22(27(31)37)28(33-25)36-16-19(15-29(36,3)4)14-23-26(39)18(2)34-35(23)5/h10-14,20-21,30,39H,6-9,15-17H2,1-5H3,(H2,31,37)(H,32,33)/b13-12-,19-14-,30-24?. The third-order valence-electron chi connectivity index (χ3n) is 7.59. The topological polar surface area (TPSA) is 122 Å². The van der Waals surface area contributed by atoms with Crippen LogP contribution in [0.2, 0.25) is 0 Å². The summed E-state index contributed by atoms with van der Waals surface area (Å²) in [6.45, 7) is 9.57. The lowest BCUT2D eigenvalue weighted by molar-refractivity contribution is 0.100. The van der Waals surface area contributed by atoms with Crippen molar-refractivity contribution in [3.8, 4) is 0 Å². The summed E-state index contributed by atoms with van der Waals surface area (Å²) in [6.07, 6.45) is 11.0. The van der Waals surface area contributed by atoms with Crippen LogP contribution in [0.15, 0.2) is 34.9 Å². The van der Waals surface area contributed by atoms with Gasteiger partial charge in [0.25, 0.3) is 5.91 Å². The number of pyridine rings is 1. The molecule has 1 aliphatic carbocycles. The number of hydrogen-bond donors (Lipinski definition) is 4. The largest absolute Gasteiger partial charge is 0.478 e. The zero-order valence-electron chi connectivity index (χ0n) is 23.6. The number of carbonyl (C=O) groups is 1. The number of nitrogens with one attached hydrogen (secondary N) is 2. The number of primary amides is 1. The van der Waals surface area contributed by atoms with Crippen molar-refractivity contribution >= 4 is 42.1 Å². The molecule has 2 aromatic rings. The fourth-order valence-corrected chi connectivity index (χ4v) is 5.62. The van der Waals surface area contributed by atoms with Gasteiger partial charge in [-0.2, -0.15) is 5.10 Å². The molecule has 1 atom stereocenters. The van der Waals surface area contributed by atoms with Crippen LogP contribution in [0.4, 0.5) is 11.6 Å². The molecule has 1 unspecified atom stereocenters. The number of amides is 1. The maximum atomic E-state index is 12.3. The van der Waals surface area contributed by atoms with Gasteiger partial charge in [-0.1, -0.05) is 13.3 Å². The minimum absolute atomic E-state index is 0.114. The number of aryl methyl sites for hydroxylation is 2. The van der Waals surface area contributed by atoms with Crippen LogP contribution in [0.3, 0.4) is 0 Å². The lowest BCUT2D eigenvalue weighted by Gasteiger charge is -2.33. The van der Waals surface area contributed by atoms with Crippen LogP contribution in [0.25, 0.3) is 6.08 Å². The summed E-state index contributed by atoms with van der Waals surface area (Å²) < 4.78 is 7.54. The number of aromatic nitrogens is 3. The van der Waals surface area contributed by atoms with Crippen molar-refractivity contribution in [3.63, 3.8) is 0 Å². The molecule has 2 aromatic heterocycles. The van der Waals surface area contributed by atoms with Crippen LogP contribution in [-0.4, -0.2) is 45.3 Å². The van der Waals surface area contributed by atoms with E-state index in [0.717, 1.165) is 41.5 Å². The van der Waals surface area contributed by atoms with Gasteiger partial charge in [0.05, 0.1) is 28.5 Å². The lowest BCUT2D eigenvalue weighted by Crippen LogP contribution is -2.40. The Balaban J connectivity index is 1.48. The van der Waals surface area contributed by atoms with Gasteiger partial charge in [-0.25, -0.2) is 4.98 Å². The maximum absolute atomic E-state index is 12.3. The SMILES string of the molecule is CCCC(COC(=N)/C=C\Nc1ccc(C(N)=O)c(N2C/C(=C\c3c(S)c(C)nn3C)CC2(C)C)n1)C1CC1. The molecule has 9 nitrogen and oxygen atoms in total. The van der Waals surface area contributed by atoms with E-state index in [1.807, 2.05) is 18.7 Å². The Morgan fingerprint density at radius 2 is 2.13 bits per heavy atom. The van der Waals surface area contributed by atoms with E-state index in [-0.39, 0.29) is 11.4 Å². The van der Waals surface area contributed by atoms with Crippen molar-refractivity contribution in [1.29, 1.82) is 5.41 Å². The second-order valence-corrected chi connectivity index (χ2v) is 11.7. The zero-order valence-corrected chi connectivity index (χ0v) is 24.5. The van der Waals surface area contributed by atoms with Gasteiger partial charge >= 0.3 is 0 Å². The molecule has 0 radical (unpaired) electrons. The summed E-state index contributed by atoms with van der Waals surface area (Å²) in [5.41, 5.74) is 8.84. The first kappa shape index (κ1) is 28.7. The fraction of sp³-hybridized carbons (Fsp3) is 0.517. The summed E-state index contributed by atoms with van der Waals surface area (Å²) in [6, 6.07) is 3.41. The number of nitrogens with two attached hydrogens (primary N) is 1. The first-order valence-electron chi connectivity index (χ1n) is 13.6. The van der Waals surface area contributed by atoms with E-state index in [0.29, 0.717) is 36.3 Å². The Bertz CT molecular complexity index is 1290. The second kappa shape index (κ2) is 11.9. The van der Waals surface area contributed by atoms with E-state index < -0.39 is 5.91 Å². The third-order valence-corrected chi connectivity index (χ3v) is 8.14. The molecule has 3 heterocycles. The Hall–Kier alpha value is -3.27. The Morgan fingerprint density at radius 3 is 2.74 bits per heavy atom. The van der Waals surface area contributed by atoms with Gasteiger partial charge in [-0.05, 0) is 82.1 Å². The quantitative estimate of drug-likeness (QED) is 0.170. The van der Waals surface area contributed by atoms with E-state index in [4.69, 9.17) is 20.9 Å². The molecule has 1 saturated carbocycles. The number of ether oxygens (including phenoxy) is 1. The van der Waals surface area contributed by atoms with Crippen LogP contribution in [0.1, 0.15) is 74.6 Å². The van der Waals surface area contributed by atoms with Gasteiger partial charge in [0.1, 0.15) is 11.6 Å². The molecule has 0 aromatic carbocycles. The Labute approximate surface area is 236 Å². The normalized spacial score (nSPS) is 18.6. The van der Waals surface area contributed by atoms with Crippen LogP contribution in [0.5, 0.6) is 0 Å². The van der Waals surface area contributed by atoms with Crippen molar-refractivity contribution in [2.45, 2.75) is 70.2 Å². The van der Waals surface area contributed by atoms with Gasteiger partial charge in [0.2, 0.25) is 5.90 Å². The Morgan fingerprint density at radius 1 is 1.38 bits per heavy atom. The number of rotatable bonds is 11. The van der Waals surface area contributed by atoms with Crippen molar-refractivity contribution in [2.24, 2.45) is 24.6 Å². The molecule has 1 saturated heterocycles. The number of hydrogen-bond acceptors (Lipinski definition) is 8. The van der Waals surface area contributed by atoms with E-state index in [1.165, 1.54) is 18.4 Å². The highest BCUT2D eigenvalue weighted by Gasteiger charge is 2.38. The summed E-state index contributed by atoms with van der Waals surface area (Å²) >= 11 is 4.63. The minimum Gasteiger partial charge on any atom is -0.478 e. The third kappa shape index (κ3) is 6.84. The molecule has 39 heavy (non-hydrogen) atoms. The van der Waals surface area contributed by atoms with Crippen molar-refractivity contribution < 1.29 is 9.53 Å². The molecule has 0 spiro atoms.